The molecule has 0 aliphatic heterocycles. The zero-order chi connectivity index (χ0) is 9.78. The number of aliphatic hydroxyl groups is 1. The number of hydrogen-bond acceptors (Lipinski definition) is 2. The molecule has 0 amide bonds. The van der Waals surface area contributed by atoms with Gasteiger partial charge in [-0.15, -0.1) is 0 Å². The zero-order valence-corrected chi connectivity index (χ0v) is 9.02. The van der Waals surface area contributed by atoms with Crippen LogP contribution in [-0.4, -0.2) is 23.8 Å². The molecule has 0 rings (SSSR count). The fourth-order valence-electron chi connectivity index (χ4n) is 0.815. The molecule has 74 valence electrons. The van der Waals surface area contributed by atoms with Gasteiger partial charge in [0.15, 0.2) is 0 Å². The van der Waals surface area contributed by atoms with Crippen molar-refractivity contribution in [1.29, 1.82) is 0 Å². The maximum atomic E-state index is 9.03. The Morgan fingerprint density at radius 3 is 2.08 bits per heavy atom. The minimum absolute atomic E-state index is 0.190. The Labute approximate surface area is 76.4 Å². The molecule has 0 fully saturated rings. The van der Waals surface area contributed by atoms with Crippen molar-refractivity contribution in [2.75, 3.05) is 6.54 Å². The van der Waals surface area contributed by atoms with Gasteiger partial charge in [0.25, 0.3) is 0 Å². The van der Waals surface area contributed by atoms with E-state index in [1.54, 1.807) is 0 Å². The molecule has 0 radical (unpaired) electrons. The lowest BCUT2D eigenvalue weighted by molar-refractivity contribution is 0.177. The molecule has 2 heteroatoms. The SMILES string of the molecule is CC(O)CCNC(C)C(C)(C)C. The normalized spacial score (nSPS) is 17.5. The Morgan fingerprint density at radius 2 is 1.75 bits per heavy atom. The van der Waals surface area contributed by atoms with Crippen molar-refractivity contribution in [2.24, 2.45) is 5.41 Å². The summed E-state index contributed by atoms with van der Waals surface area (Å²) in [6.45, 7) is 11.6. The summed E-state index contributed by atoms with van der Waals surface area (Å²) in [5.41, 5.74) is 0.304. The molecule has 0 aliphatic rings. The van der Waals surface area contributed by atoms with Gasteiger partial charge in [0, 0.05) is 6.04 Å². The first kappa shape index (κ1) is 11.9. The van der Waals surface area contributed by atoms with Gasteiger partial charge in [-0.25, -0.2) is 0 Å². The van der Waals surface area contributed by atoms with Crippen LogP contribution in [0.2, 0.25) is 0 Å². The van der Waals surface area contributed by atoms with E-state index in [0.29, 0.717) is 11.5 Å². The van der Waals surface area contributed by atoms with Crippen LogP contribution in [0.1, 0.15) is 41.0 Å². The fraction of sp³-hybridized carbons (Fsp3) is 1.00. The molecule has 0 bridgehead atoms. The summed E-state index contributed by atoms with van der Waals surface area (Å²) >= 11 is 0. The second-order valence-electron chi connectivity index (χ2n) is 4.68. The van der Waals surface area contributed by atoms with Gasteiger partial charge >= 0.3 is 0 Å². The van der Waals surface area contributed by atoms with E-state index in [4.69, 9.17) is 5.11 Å². The molecule has 2 nitrogen and oxygen atoms in total. The van der Waals surface area contributed by atoms with E-state index in [2.05, 4.69) is 33.0 Å². The monoisotopic (exact) mass is 173 g/mol. The van der Waals surface area contributed by atoms with Gasteiger partial charge in [-0.05, 0) is 32.2 Å². The van der Waals surface area contributed by atoms with Crippen LogP contribution in [0.5, 0.6) is 0 Å². The molecule has 0 heterocycles. The maximum Gasteiger partial charge on any atom is 0.0524 e. The third kappa shape index (κ3) is 5.56. The second kappa shape index (κ2) is 4.83. The highest BCUT2D eigenvalue weighted by atomic mass is 16.3. The van der Waals surface area contributed by atoms with Crippen LogP contribution in [0.3, 0.4) is 0 Å². The molecular formula is C10H23NO. The highest BCUT2D eigenvalue weighted by molar-refractivity contribution is 4.75. The van der Waals surface area contributed by atoms with Gasteiger partial charge in [-0.3, -0.25) is 0 Å². The highest BCUT2D eigenvalue weighted by Gasteiger charge is 2.18. The van der Waals surface area contributed by atoms with Gasteiger partial charge in [0.1, 0.15) is 0 Å². The van der Waals surface area contributed by atoms with Gasteiger partial charge in [-0.1, -0.05) is 20.8 Å². The summed E-state index contributed by atoms with van der Waals surface area (Å²) in [6.07, 6.45) is 0.644. The summed E-state index contributed by atoms with van der Waals surface area (Å²) in [7, 11) is 0. The van der Waals surface area contributed by atoms with E-state index in [1.807, 2.05) is 6.92 Å². The quantitative estimate of drug-likeness (QED) is 0.679. The molecule has 0 spiro atoms. The van der Waals surface area contributed by atoms with Gasteiger partial charge in [0.05, 0.1) is 6.10 Å². The van der Waals surface area contributed by atoms with Crippen molar-refractivity contribution < 1.29 is 5.11 Å². The molecule has 2 unspecified atom stereocenters. The predicted octanol–water partition coefficient (Wildman–Crippen LogP) is 1.78. The average Bonchev–Trinajstić information content (AvgIpc) is 1.84. The summed E-state index contributed by atoms with van der Waals surface area (Å²) in [4.78, 5) is 0. The zero-order valence-electron chi connectivity index (χ0n) is 9.02. The van der Waals surface area contributed by atoms with Crippen LogP contribution in [0.15, 0.2) is 0 Å². The highest BCUT2D eigenvalue weighted by Crippen LogP contribution is 2.18. The molecule has 0 saturated heterocycles. The minimum atomic E-state index is -0.190. The van der Waals surface area contributed by atoms with Crippen molar-refractivity contribution in [2.45, 2.75) is 53.2 Å². The molecule has 0 aromatic heterocycles. The summed E-state index contributed by atoms with van der Waals surface area (Å²) in [6, 6.07) is 0.497. The Balaban J connectivity index is 3.51. The predicted molar refractivity (Wildman–Crippen MR) is 53.2 cm³/mol. The number of hydrogen-bond donors (Lipinski definition) is 2. The minimum Gasteiger partial charge on any atom is -0.393 e. The lowest BCUT2D eigenvalue weighted by Gasteiger charge is -2.28. The van der Waals surface area contributed by atoms with Crippen LogP contribution in [0.4, 0.5) is 0 Å². The lowest BCUT2D eigenvalue weighted by Crippen LogP contribution is -2.38. The second-order valence-corrected chi connectivity index (χ2v) is 4.68. The summed E-state index contributed by atoms with van der Waals surface area (Å²) < 4.78 is 0. The van der Waals surface area contributed by atoms with Crippen LogP contribution in [0.25, 0.3) is 0 Å². The first-order valence-electron chi connectivity index (χ1n) is 4.75. The van der Waals surface area contributed by atoms with Gasteiger partial charge < -0.3 is 10.4 Å². The molecule has 12 heavy (non-hydrogen) atoms. The topological polar surface area (TPSA) is 32.3 Å². The molecular weight excluding hydrogens is 150 g/mol. The molecule has 2 N–H and O–H groups in total. The smallest absolute Gasteiger partial charge is 0.0524 e. The number of aliphatic hydroxyl groups excluding tert-OH is 1. The van der Waals surface area contributed by atoms with E-state index < -0.39 is 0 Å². The first-order valence-corrected chi connectivity index (χ1v) is 4.75. The first-order chi connectivity index (χ1) is 5.34. The standard InChI is InChI=1S/C10H23NO/c1-8(12)6-7-11-9(2)10(3,4)5/h8-9,11-12H,6-7H2,1-5H3. The number of rotatable bonds is 4. The summed E-state index contributed by atoms with van der Waals surface area (Å²) in [5.74, 6) is 0. The van der Waals surface area contributed by atoms with Gasteiger partial charge in [-0.2, -0.15) is 0 Å². The van der Waals surface area contributed by atoms with E-state index in [9.17, 15) is 0 Å². The largest absolute Gasteiger partial charge is 0.393 e. The van der Waals surface area contributed by atoms with E-state index >= 15 is 0 Å². The molecule has 0 saturated carbocycles. The van der Waals surface area contributed by atoms with Crippen LogP contribution < -0.4 is 5.32 Å². The van der Waals surface area contributed by atoms with Gasteiger partial charge in [0.2, 0.25) is 0 Å². The Kier molecular flexibility index (Phi) is 4.80. The lowest BCUT2D eigenvalue weighted by atomic mass is 9.88. The van der Waals surface area contributed by atoms with Crippen LogP contribution in [-0.2, 0) is 0 Å². The van der Waals surface area contributed by atoms with E-state index in [1.165, 1.54) is 0 Å². The molecule has 0 aliphatic carbocycles. The van der Waals surface area contributed by atoms with Crippen molar-refractivity contribution >= 4 is 0 Å². The molecule has 0 aromatic rings. The number of nitrogens with one attached hydrogen (secondary N) is 1. The van der Waals surface area contributed by atoms with Crippen LogP contribution in [0, 0.1) is 5.41 Å². The Morgan fingerprint density at radius 1 is 1.25 bits per heavy atom. The van der Waals surface area contributed by atoms with Crippen LogP contribution >= 0.6 is 0 Å². The molecule has 0 aromatic carbocycles. The summed E-state index contributed by atoms with van der Waals surface area (Å²) in [5, 5.41) is 12.4. The third-order valence-electron chi connectivity index (χ3n) is 2.31. The Hall–Kier alpha value is -0.0800. The Bertz CT molecular complexity index is 115. The molecule has 2 atom stereocenters. The average molecular weight is 173 g/mol. The fourth-order valence-corrected chi connectivity index (χ4v) is 0.815. The van der Waals surface area contributed by atoms with Crippen molar-refractivity contribution in [3.8, 4) is 0 Å². The van der Waals surface area contributed by atoms with Crippen molar-refractivity contribution in [3.63, 3.8) is 0 Å². The van der Waals surface area contributed by atoms with Crippen molar-refractivity contribution in [3.05, 3.63) is 0 Å². The third-order valence-corrected chi connectivity index (χ3v) is 2.31. The van der Waals surface area contributed by atoms with Crippen molar-refractivity contribution in [1.82, 2.24) is 5.32 Å². The van der Waals surface area contributed by atoms with E-state index in [-0.39, 0.29) is 6.10 Å². The van der Waals surface area contributed by atoms with E-state index in [0.717, 1.165) is 13.0 Å². The maximum absolute atomic E-state index is 9.03.